The summed E-state index contributed by atoms with van der Waals surface area (Å²) in [6, 6.07) is 3.90. The SMILES string of the molecule is c1cc(CNc2cnco2)ccn1. The lowest BCUT2D eigenvalue weighted by molar-refractivity contribution is 0.569. The molecule has 0 saturated carbocycles. The molecule has 0 unspecified atom stereocenters. The first kappa shape index (κ1) is 7.79. The third-order valence-corrected chi connectivity index (χ3v) is 1.65. The van der Waals surface area contributed by atoms with Crippen LogP contribution in [-0.4, -0.2) is 9.97 Å². The highest BCUT2D eigenvalue weighted by Gasteiger charge is 1.94. The van der Waals surface area contributed by atoms with Crippen LogP contribution in [0.4, 0.5) is 5.88 Å². The summed E-state index contributed by atoms with van der Waals surface area (Å²) in [4.78, 5) is 7.72. The average molecular weight is 175 g/mol. The van der Waals surface area contributed by atoms with Crippen molar-refractivity contribution < 1.29 is 4.42 Å². The average Bonchev–Trinajstić information content (AvgIpc) is 2.69. The Morgan fingerprint density at radius 3 is 2.77 bits per heavy atom. The number of pyridine rings is 1. The number of nitrogens with zero attached hydrogens (tertiary/aromatic N) is 2. The number of hydrogen-bond donors (Lipinski definition) is 1. The van der Waals surface area contributed by atoms with Crippen LogP contribution >= 0.6 is 0 Å². The fourth-order valence-electron chi connectivity index (χ4n) is 0.993. The quantitative estimate of drug-likeness (QED) is 0.771. The normalized spacial score (nSPS) is 9.85. The van der Waals surface area contributed by atoms with Crippen molar-refractivity contribution in [3.8, 4) is 0 Å². The maximum Gasteiger partial charge on any atom is 0.213 e. The summed E-state index contributed by atoms with van der Waals surface area (Å²) in [5.74, 6) is 0.678. The van der Waals surface area contributed by atoms with Crippen LogP contribution < -0.4 is 5.32 Å². The lowest BCUT2D eigenvalue weighted by Crippen LogP contribution is -1.97. The first-order chi connectivity index (χ1) is 6.45. The zero-order chi connectivity index (χ0) is 8.93. The Kier molecular flexibility index (Phi) is 2.22. The second kappa shape index (κ2) is 3.71. The third kappa shape index (κ3) is 2.05. The van der Waals surface area contributed by atoms with Crippen LogP contribution in [0.3, 0.4) is 0 Å². The molecule has 0 spiro atoms. The van der Waals surface area contributed by atoms with E-state index in [2.05, 4.69) is 15.3 Å². The first-order valence-electron chi connectivity index (χ1n) is 3.96. The maximum atomic E-state index is 5.02. The Hall–Kier alpha value is -1.84. The van der Waals surface area contributed by atoms with Crippen molar-refractivity contribution in [3.05, 3.63) is 42.7 Å². The van der Waals surface area contributed by atoms with E-state index in [0.29, 0.717) is 5.88 Å². The maximum absolute atomic E-state index is 5.02. The molecule has 4 heteroatoms. The molecule has 66 valence electrons. The van der Waals surface area contributed by atoms with Gasteiger partial charge in [-0.05, 0) is 17.7 Å². The van der Waals surface area contributed by atoms with Crippen molar-refractivity contribution in [1.82, 2.24) is 9.97 Å². The van der Waals surface area contributed by atoms with Gasteiger partial charge < -0.3 is 9.73 Å². The van der Waals surface area contributed by atoms with Crippen molar-refractivity contribution in [1.29, 1.82) is 0 Å². The van der Waals surface area contributed by atoms with Crippen LogP contribution in [0.25, 0.3) is 0 Å². The van der Waals surface area contributed by atoms with Gasteiger partial charge in [-0.2, -0.15) is 0 Å². The minimum Gasteiger partial charge on any atom is -0.428 e. The molecular formula is C9H9N3O. The van der Waals surface area contributed by atoms with Crippen LogP contribution in [0.2, 0.25) is 0 Å². The molecular weight excluding hydrogens is 166 g/mol. The fourth-order valence-corrected chi connectivity index (χ4v) is 0.993. The Morgan fingerprint density at radius 2 is 2.08 bits per heavy atom. The topological polar surface area (TPSA) is 51.0 Å². The monoisotopic (exact) mass is 175 g/mol. The van der Waals surface area contributed by atoms with Gasteiger partial charge in [-0.25, -0.2) is 4.98 Å². The second-order valence-electron chi connectivity index (χ2n) is 2.57. The number of hydrogen-bond acceptors (Lipinski definition) is 4. The number of anilines is 1. The summed E-state index contributed by atoms with van der Waals surface area (Å²) in [5.41, 5.74) is 1.16. The van der Waals surface area contributed by atoms with Gasteiger partial charge in [0.1, 0.15) is 0 Å². The summed E-state index contributed by atoms with van der Waals surface area (Å²) in [6.07, 6.45) is 6.56. The second-order valence-corrected chi connectivity index (χ2v) is 2.57. The molecule has 13 heavy (non-hydrogen) atoms. The highest BCUT2D eigenvalue weighted by atomic mass is 16.4. The van der Waals surface area contributed by atoms with E-state index in [-0.39, 0.29) is 0 Å². The van der Waals surface area contributed by atoms with Crippen LogP contribution in [-0.2, 0) is 6.54 Å². The van der Waals surface area contributed by atoms with Gasteiger partial charge in [-0.3, -0.25) is 4.98 Å². The molecule has 0 saturated heterocycles. The van der Waals surface area contributed by atoms with Crippen molar-refractivity contribution in [3.63, 3.8) is 0 Å². The molecule has 0 fully saturated rings. The van der Waals surface area contributed by atoms with Crippen molar-refractivity contribution >= 4 is 5.88 Å². The van der Waals surface area contributed by atoms with E-state index in [1.807, 2.05) is 12.1 Å². The van der Waals surface area contributed by atoms with Gasteiger partial charge in [0.05, 0.1) is 6.20 Å². The third-order valence-electron chi connectivity index (χ3n) is 1.65. The summed E-state index contributed by atoms with van der Waals surface area (Å²) < 4.78 is 5.02. The Bertz CT molecular complexity index is 344. The van der Waals surface area contributed by atoms with Gasteiger partial charge in [0, 0.05) is 18.9 Å². The van der Waals surface area contributed by atoms with Gasteiger partial charge in [0.2, 0.25) is 5.88 Å². The van der Waals surface area contributed by atoms with Crippen LogP contribution in [0, 0.1) is 0 Å². The molecule has 1 N–H and O–H groups in total. The van der Waals surface area contributed by atoms with E-state index in [1.165, 1.54) is 6.39 Å². The largest absolute Gasteiger partial charge is 0.428 e. The van der Waals surface area contributed by atoms with E-state index in [0.717, 1.165) is 12.1 Å². The zero-order valence-corrected chi connectivity index (χ0v) is 6.97. The standard InChI is InChI=1S/C9H9N3O/c1-3-10-4-2-8(1)5-12-9-6-11-7-13-9/h1-4,6-7,12H,5H2. The summed E-state index contributed by atoms with van der Waals surface area (Å²) in [7, 11) is 0. The predicted octanol–water partition coefficient (Wildman–Crippen LogP) is 1.68. The molecule has 2 aromatic rings. The number of oxazole rings is 1. The summed E-state index contributed by atoms with van der Waals surface area (Å²) >= 11 is 0. The molecule has 0 atom stereocenters. The number of aromatic nitrogens is 2. The lowest BCUT2D eigenvalue weighted by Gasteiger charge is -2.00. The van der Waals surface area contributed by atoms with Crippen LogP contribution in [0.15, 0.2) is 41.5 Å². The Labute approximate surface area is 75.6 Å². The molecule has 0 aliphatic heterocycles. The Balaban J connectivity index is 1.94. The molecule has 0 aliphatic rings. The zero-order valence-electron chi connectivity index (χ0n) is 6.97. The minimum absolute atomic E-state index is 0.678. The minimum atomic E-state index is 0.678. The van der Waals surface area contributed by atoms with E-state index in [1.54, 1.807) is 18.6 Å². The predicted molar refractivity (Wildman–Crippen MR) is 48.1 cm³/mol. The van der Waals surface area contributed by atoms with E-state index >= 15 is 0 Å². The van der Waals surface area contributed by atoms with Gasteiger partial charge >= 0.3 is 0 Å². The molecule has 0 aromatic carbocycles. The molecule has 2 rings (SSSR count). The first-order valence-corrected chi connectivity index (χ1v) is 3.96. The van der Waals surface area contributed by atoms with E-state index in [4.69, 9.17) is 4.42 Å². The highest BCUT2D eigenvalue weighted by Crippen LogP contribution is 2.06. The van der Waals surface area contributed by atoms with Gasteiger partial charge in [-0.1, -0.05) is 0 Å². The van der Waals surface area contributed by atoms with Crippen LogP contribution in [0.1, 0.15) is 5.56 Å². The van der Waals surface area contributed by atoms with Gasteiger partial charge in [0.15, 0.2) is 6.39 Å². The van der Waals surface area contributed by atoms with Gasteiger partial charge in [-0.15, -0.1) is 0 Å². The summed E-state index contributed by atoms with van der Waals surface area (Å²) in [6.45, 7) is 0.720. The lowest BCUT2D eigenvalue weighted by atomic mass is 10.3. The van der Waals surface area contributed by atoms with Crippen molar-refractivity contribution in [2.45, 2.75) is 6.54 Å². The summed E-state index contributed by atoms with van der Waals surface area (Å²) in [5, 5.41) is 3.08. The van der Waals surface area contributed by atoms with Crippen molar-refractivity contribution in [2.24, 2.45) is 0 Å². The Morgan fingerprint density at radius 1 is 1.23 bits per heavy atom. The molecule has 0 radical (unpaired) electrons. The number of rotatable bonds is 3. The van der Waals surface area contributed by atoms with Gasteiger partial charge in [0.25, 0.3) is 0 Å². The molecule has 4 nitrogen and oxygen atoms in total. The number of nitrogens with one attached hydrogen (secondary N) is 1. The smallest absolute Gasteiger partial charge is 0.213 e. The molecule has 2 heterocycles. The molecule has 2 aromatic heterocycles. The fraction of sp³-hybridized carbons (Fsp3) is 0.111. The molecule has 0 aliphatic carbocycles. The van der Waals surface area contributed by atoms with E-state index < -0.39 is 0 Å². The molecule has 0 bridgehead atoms. The highest BCUT2D eigenvalue weighted by molar-refractivity contribution is 5.28. The molecule has 0 amide bonds. The van der Waals surface area contributed by atoms with Crippen molar-refractivity contribution in [2.75, 3.05) is 5.32 Å². The van der Waals surface area contributed by atoms with E-state index in [9.17, 15) is 0 Å². The van der Waals surface area contributed by atoms with Crippen LogP contribution in [0.5, 0.6) is 0 Å².